The van der Waals surface area contributed by atoms with Crippen LogP contribution in [0.1, 0.15) is 157 Å². The Balaban J connectivity index is 0.819. The zero-order valence-corrected chi connectivity index (χ0v) is 58.3. The first kappa shape index (κ1) is 70.7. The Hall–Kier alpha value is -6.41. The van der Waals surface area contributed by atoms with Gasteiger partial charge in [-0.3, -0.25) is 0 Å². The monoisotopic (exact) mass is 1270 g/mol. The molecule has 0 unspecified atom stereocenters. The molecule has 0 aliphatic rings. The Morgan fingerprint density at radius 3 is 0.875 bits per heavy atom. The smallest absolute Gasteiger partial charge is 0.343 e. The van der Waals surface area contributed by atoms with E-state index >= 15 is 0 Å². The molecule has 0 amide bonds. The SMILES string of the molecule is C[Si](C)(C)O[Si](C)(C)CCCCCCCCCCCOc1ccc(C(=O)Oc2ccc(C(=O)Oc3ccc(-c4cccc(OC(=O)c5ccc(OC(=O)c6ccc(OCCCCCCCCCCC[Si](C)(C)O[Si](C)(C)C)cc6)cc5)c4)cc3)cc2)cc1. The summed E-state index contributed by atoms with van der Waals surface area (Å²) in [5, 5.41) is 0. The van der Waals surface area contributed by atoms with E-state index < -0.39 is 57.1 Å². The number of carbonyl (C=O) groups excluding carboxylic acids is 4. The Morgan fingerprint density at radius 2 is 0.557 bits per heavy atom. The Labute approximate surface area is 529 Å². The topological polar surface area (TPSA) is 142 Å². The van der Waals surface area contributed by atoms with Crippen molar-refractivity contribution < 1.29 is 55.8 Å². The first-order valence-electron chi connectivity index (χ1n) is 32.1. The Bertz CT molecular complexity index is 3060. The standard InChI is InChI=1S/C72H98O12Si4/c1-85(2,3)83-87(7,8)54-27-23-19-15-11-13-17-21-25-52-77-63-42-34-58(35-43-63)69(73)80-66-48-38-60(39-49-66)71(75)79-65-46-32-57(33-47-65)62-30-29-31-68(56-62)82-72(76)61-40-50-67(51-41-61)81-70(74)59-36-44-64(45-37-59)78-53-26-22-18-14-12-16-20-24-28-55-88(9,10)84-86(4,5)6/h29-51,56H,11-28,52-55H2,1-10H3. The number of unbranched alkanes of at least 4 members (excludes halogenated alkanes) is 16. The third-order valence-corrected chi connectivity index (χ3v) is 27.2. The fourth-order valence-corrected chi connectivity index (χ4v) is 27.0. The molecule has 6 aromatic carbocycles. The summed E-state index contributed by atoms with van der Waals surface area (Å²) in [5.41, 5.74) is 2.90. The zero-order chi connectivity index (χ0) is 63.4. The molecule has 0 saturated heterocycles. The summed E-state index contributed by atoms with van der Waals surface area (Å²) in [6.45, 7) is 24.5. The average molecular weight is 1270 g/mol. The quantitative estimate of drug-likeness (QED) is 0.0157. The second-order valence-corrected chi connectivity index (χ2v) is 44.3. The van der Waals surface area contributed by atoms with Crippen molar-refractivity contribution in [3.05, 3.63) is 168 Å². The van der Waals surface area contributed by atoms with Crippen molar-refractivity contribution >= 4 is 57.1 Å². The molecule has 0 aliphatic heterocycles. The number of hydrogen-bond acceptors (Lipinski definition) is 12. The van der Waals surface area contributed by atoms with E-state index in [9.17, 15) is 19.2 Å². The van der Waals surface area contributed by atoms with Crippen LogP contribution < -0.4 is 28.4 Å². The number of esters is 4. The van der Waals surface area contributed by atoms with Gasteiger partial charge in [-0.25, -0.2) is 19.2 Å². The fourth-order valence-electron chi connectivity index (χ4n) is 10.7. The van der Waals surface area contributed by atoms with Crippen molar-refractivity contribution in [1.82, 2.24) is 0 Å². The fraction of sp³-hybridized carbons (Fsp3) is 0.444. The van der Waals surface area contributed by atoms with Crippen LogP contribution in [-0.2, 0) is 8.23 Å². The van der Waals surface area contributed by atoms with E-state index in [4.69, 9.17) is 36.7 Å². The summed E-state index contributed by atoms with van der Waals surface area (Å²) >= 11 is 0. The molecule has 0 bridgehead atoms. The van der Waals surface area contributed by atoms with Gasteiger partial charge in [0, 0.05) is 0 Å². The van der Waals surface area contributed by atoms with Gasteiger partial charge in [-0.05, 0) is 223 Å². The van der Waals surface area contributed by atoms with Crippen molar-refractivity contribution in [2.24, 2.45) is 0 Å². The van der Waals surface area contributed by atoms with Crippen LogP contribution >= 0.6 is 0 Å². The predicted molar refractivity (Wildman–Crippen MR) is 365 cm³/mol. The van der Waals surface area contributed by atoms with Crippen LogP contribution in [0.15, 0.2) is 146 Å². The second kappa shape index (κ2) is 35.7. The molecule has 0 atom stereocenters. The first-order valence-corrected chi connectivity index (χ1v) is 45.2. The highest BCUT2D eigenvalue weighted by molar-refractivity contribution is 6.84. The van der Waals surface area contributed by atoms with Crippen LogP contribution in [0.5, 0.6) is 34.5 Å². The summed E-state index contributed by atoms with van der Waals surface area (Å²) in [7, 11) is -5.93. The predicted octanol–water partition coefficient (Wildman–Crippen LogP) is 20.1. The third-order valence-electron chi connectivity index (χ3n) is 14.8. The van der Waals surface area contributed by atoms with Gasteiger partial charge >= 0.3 is 23.9 Å². The van der Waals surface area contributed by atoms with Gasteiger partial charge in [-0.15, -0.1) is 0 Å². The maximum absolute atomic E-state index is 13.2. The van der Waals surface area contributed by atoms with Gasteiger partial charge in [0.15, 0.2) is 33.3 Å². The minimum Gasteiger partial charge on any atom is -0.494 e. The maximum Gasteiger partial charge on any atom is 0.343 e. The highest BCUT2D eigenvalue weighted by Crippen LogP contribution is 2.29. The van der Waals surface area contributed by atoms with E-state index in [1.165, 1.54) is 102 Å². The lowest BCUT2D eigenvalue weighted by molar-refractivity contribution is 0.0720. The van der Waals surface area contributed by atoms with Gasteiger partial charge in [-0.2, -0.15) is 0 Å². The van der Waals surface area contributed by atoms with E-state index in [1.54, 1.807) is 140 Å². The minimum absolute atomic E-state index is 0.277. The number of hydrogen-bond donors (Lipinski definition) is 0. The molecule has 6 rings (SSSR count). The highest BCUT2D eigenvalue weighted by atomic mass is 28.4. The van der Waals surface area contributed by atoms with Gasteiger partial charge in [-0.1, -0.05) is 127 Å². The second-order valence-electron chi connectivity index (χ2n) is 26.2. The van der Waals surface area contributed by atoms with Gasteiger partial charge in [0.05, 0.1) is 35.5 Å². The van der Waals surface area contributed by atoms with Gasteiger partial charge in [0.25, 0.3) is 0 Å². The lowest BCUT2D eigenvalue weighted by atomic mass is 10.1. The van der Waals surface area contributed by atoms with E-state index in [0.29, 0.717) is 47.3 Å². The van der Waals surface area contributed by atoms with Crippen LogP contribution in [0.2, 0.25) is 77.6 Å². The molecule has 0 radical (unpaired) electrons. The molecule has 16 heteroatoms. The molecule has 88 heavy (non-hydrogen) atoms. The highest BCUT2D eigenvalue weighted by Gasteiger charge is 2.30. The summed E-state index contributed by atoms with van der Waals surface area (Å²) in [5.74, 6) is 0.450. The molecule has 0 saturated carbocycles. The molecule has 0 heterocycles. The van der Waals surface area contributed by atoms with E-state index in [2.05, 4.69) is 65.5 Å². The summed E-state index contributed by atoms with van der Waals surface area (Å²) in [4.78, 5) is 52.2. The number of ether oxygens (including phenoxy) is 6. The van der Waals surface area contributed by atoms with Crippen molar-refractivity contribution in [3.8, 4) is 45.6 Å². The third kappa shape index (κ3) is 27.5. The van der Waals surface area contributed by atoms with E-state index in [0.717, 1.165) is 36.8 Å². The molecule has 0 N–H and O–H groups in total. The summed E-state index contributed by atoms with van der Waals surface area (Å²) < 4.78 is 47.4. The number of benzene rings is 6. The van der Waals surface area contributed by atoms with Crippen molar-refractivity contribution in [1.29, 1.82) is 0 Å². The largest absolute Gasteiger partial charge is 0.494 e. The molecule has 12 nitrogen and oxygen atoms in total. The zero-order valence-electron chi connectivity index (χ0n) is 54.3. The van der Waals surface area contributed by atoms with Crippen LogP contribution in [0, 0.1) is 0 Å². The molecule has 6 aromatic rings. The number of rotatable bonds is 39. The molecule has 0 aliphatic carbocycles. The van der Waals surface area contributed by atoms with Crippen LogP contribution in [0.3, 0.4) is 0 Å². The van der Waals surface area contributed by atoms with Gasteiger partial charge in [0.2, 0.25) is 0 Å². The lowest BCUT2D eigenvalue weighted by Gasteiger charge is -2.31. The van der Waals surface area contributed by atoms with Crippen LogP contribution in [-0.4, -0.2) is 70.4 Å². The lowest BCUT2D eigenvalue weighted by Crippen LogP contribution is -2.42. The average Bonchev–Trinajstić information content (AvgIpc) is 3.67. The molecule has 0 spiro atoms. The minimum atomic E-state index is -1.52. The van der Waals surface area contributed by atoms with Crippen molar-refractivity contribution in [2.75, 3.05) is 13.2 Å². The maximum atomic E-state index is 13.2. The van der Waals surface area contributed by atoms with Crippen molar-refractivity contribution in [3.63, 3.8) is 0 Å². The molecule has 0 aromatic heterocycles. The van der Waals surface area contributed by atoms with Crippen molar-refractivity contribution in [2.45, 2.75) is 193 Å². The Morgan fingerprint density at radius 1 is 0.284 bits per heavy atom. The molecule has 474 valence electrons. The van der Waals surface area contributed by atoms with E-state index in [1.807, 2.05) is 6.07 Å². The van der Waals surface area contributed by atoms with Gasteiger partial charge in [0.1, 0.15) is 34.5 Å². The number of carbonyl (C=O) groups is 4. The van der Waals surface area contributed by atoms with Crippen LogP contribution in [0.4, 0.5) is 0 Å². The normalized spacial score (nSPS) is 11.9. The summed E-state index contributed by atoms with van der Waals surface area (Å²) in [6.07, 6.45) is 22.2. The Kier molecular flexibility index (Phi) is 28.7. The van der Waals surface area contributed by atoms with E-state index in [-0.39, 0.29) is 22.6 Å². The first-order chi connectivity index (χ1) is 42.0. The molecular formula is C72H98O12Si4. The summed E-state index contributed by atoms with van der Waals surface area (Å²) in [6, 6.07) is 42.8. The molecular weight excluding hydrogens is 1170 g/mol. The van der Waals surface area contributed by atoms with Gasteiger partial charge < -0.3 is 36.7 Å². The van der Waals surface area contributed by atoms with Crippen LogP contribution in [0.25, 0.3) is 11.1 Å². The molecule has 0 fully saturated rings.